The van der Waals surface area contributed by atoms with Gasteiger partial charge < -0.3 is 14.9 Å². The maximum Gasteiger partial charge on any atom is 0.258 e. The van der Waals surface area contributed by atoms with Crippen molar-refractivity contribution in [2.75, 3.05) is 0 Å². The summed E-state index contributed by atoms with van der Waals surface area (Å²) in [6.07, 6.45) is 1.59. The van der Waals surface area contributed by atoms with Gasteiger partial charge in [0.15, 0.2) is 0 Å². The fourth-order valence-electron chi connectivity index (χ4n) is 3.49. The van der Waals surface area contributed by atoms with E-state index in [0.717, 1.165) is 16.9 Å². The van der Waals surface area contributed by atoms with Crippen LogP contribution in [0.2, 0.25) is 0 Å². The standard InChI is InChI=1S/C22H22N4O2/c1-13(2)19(20-23-17-10-6-7-11-18(17)24-20)25-21(27)16-12-26(3)22(28)15-9-5-4-8-14(15)16/h4-13,19H,1-3H3,(H,23,24)(H,25,27)/t19-/m1/s1. The Hall–Kier alpha value is -3.41. The van der Waals surface area contributed by atoms with Crippen molar-refractivity contribution < 1.29 is 4.79 Å². The number of H-pyrrole nitrogens is 1. The van der Waals surface area contributed by atoms with E-state index in [0.29, 0.717) is 16.3 Å². The van der Waals surface area contributed by atoms with Crippen LogP contribution in [0, 0.1) is 5.92 Å². The number of hydrogen-bond donors (Lipinski definition) is 2. The quantitative estimate of drug-likeness (QED) is 0.573. The molecule has 4 aromatic rings. The molecule has 0 aliphatic carbocycles. The molecule has 0 aliphatic rings. The molecule has 1 amide bonds. The van der Waals surface area contributed by atoms with E-state index in [1.807, 2.05) is 44.2 Å². The summed E-state index contributed by atoms with van der Waals surface area (Å²) in [6, 6.07) is 14.7. The molecule has 0 saturated carbocycles. The Balaban J connectivity index is 1.74. The van der Waals surface area contributed by atoms with Crippen molar-refractivity contribution in [2.24, 2.45) is 13.0 Å². The summed E-state index contributed by atoms with van der Waals surface area (Å²) in [4.78, 5) is 33.5. The number of carbonyl (C=O) groups is 1. The zero-order valence-corrected chi connectivity index (χ0v) is 16.1. The van der Waals surface area contributed by atoms with E-state index >= 15 is 0 Å². The monoisotopic (exact) mass is 374 g/mol. The first kappa shape index (κ1) is 18.0. The molecule has 0 bridgehead atoms. The van der Waals surface area contributed by atoms with E-state index in [9.17, 15) is 9.59 Å². The van der Waals surface area contributed by atoms with Crippen LogP contribution in [0.15, 0.2) is 59.5 Å². The van der Waals surface area contributed by atoms with Gasteiger partial charge in [0.05, 0.1) is 22.6 Å². The summed E-state index contributed by atoms with van der Waals surface area (Å²) in [5.41, 5.74) is 2.15. The van der Waals surface area contributed by atoms with Crippen LogP contribution >= 0.6 is 0 Å². The third-order valence-corrected chi connectivity index (χ3v) is 4.99. The summed E-state index contributed by atoms with van der Waals surface area (Å²) in [7, 11) is 1.66. The molecule has 2 aromatic carbocycles. The molecular weight excluding hydrogens is 352 g/mol. The van der Waals surface area contributed by atoms with E-state index in [1.54, 1.807) is 31.4 Å². The Morgan fingerprint density at radius 1 is 1.07 bits per heavy atom. The smallest absolute Gasteiger partial charge is 0.258 e. The van der Waals surface area contributed by atoms with Crippen molar-refractivity contribution in [3.63, 3.8) is 0 Å². The molecule has 0 aliphatic heterocycles. The number of hydrogen-bond acceptors (Lipinski definition) is 3. The number of aromatic amines is 1. The summed E-state index contributed by atoms with van der Waals surface area (Å²) < 4.78 is 1.45. The Kier molecular flexibility index (Phi) is 4.47. The van der Waals surface area contributed by atoms with E-state index in [-0.39, 0.29) is 23.4 Å². The number of pyridine rings is 1. The molecule has 28 heavy (non-hydrogen) atoms. The Labute approximate surface area is 162 Å². The first-order valence-electron chi connectivity index (χ1n) is 9.29. The molecule has 0 saturated heterocycles. The van der Waals surface area contributed by atoms with Gasteiger partial charge in [0.1, 0.15) is 5.82 Å². The molecule has 142 valence electrons. The van der Waals surface area contributed by atoms with Crippen molar-refractivity contribution in [1.29, 1.82) is 0 Å². The number of para-hydroxylation sites is 2. The fraction of sp³-hybridized carbons (Fsp3) is 0.227. The van der Waals surface area contributed by atoms with Crippen LogP contribution in [0.3, 0.4) is 0 Å². The number of amides is 1. The lowest BCUT2D eigenvalue weighted by molar-refractivity contribution is 0.0924. The zero-order valence-electron chi connectivity index (χ0n) is 16.1. The third-order valence-electron chi connectivity index (χ3n) is 4.99. The van der Waals surface area contributed by atoms with Gasteiger partial charge in [0, 0.05) is 24.0 Å². The first-order chi connectivity index (χ1) is 13.5. The van der Waals surface area contributed by atoms with Gasteiger partial charge in [-0.2, -0.15) is 0 Å². The van der Waals surface area contributed by atoms with Crippen LogP contribution in [0.25, 0.3) is 21.8 Å². The molecule has 1 atom stereocenters. The van der Waals surface area contributed by atoms with Gasteiger partial charge in [0.2, 0.25) is 0 Å². The SMILES string of the molecule is CC(C)[C@@H](NC(=O)c1cn(C)c(=O)c2ccccc12)c1nc2ccccc2[nH]1. The van der Waals surface area contributed by atoms with Gasteiger partial charge in [-0.25, -0.2) is 4.98 Å². The Bertz CT molecular complexity index is 1200. The number of nitrogens with zero attached hydrogens (tertiary/aromatic N) is 2. The molecule has 0 fully saturated rings. The van der Waals surface area contributed by atoms with Crippen molar-refractivity contribution in [3.05, 3.63) is 76.5 Å². The Morgan fingerprint density at radius 3 is 2.46 bits per heavy atom. The molecule has 0 unspecified atom stereocenters. The van der Waals surface area contributed by atoms with Crippen LogP contribution in [0.1, 0.15) is 36.1 Å². The number of carbonyl (C=O) groups excluding carboxylic acids is 1. The molecule has 0 spiro atoms. The minimum absolute atomic E-state index is 0.121. The van der Waals surface area contributed by atoms with E-state index in [2.05, 4.69) is 15.3 Å². The van der Waals surface area contributed by atoms with Gasteiger partial charge >= 0.3 is 0 Å². The van der Waals surface area contributed by atoms with Gasteiger partial charge in [0.25, 0.3) is 11.5 Å². The van der Waals surface area contributed by atoms with Gasteiger partial charge in [-0.1, -0.05) is 44.2 Å². The number of fused-ring (bicyclic) bond motifs is 2. The number of aryl methyl sites for hydroxylation is 1. The van der Waals surface area contributed by atoms with Crippen molar-refractivity contribution in [3.8, 4) is 0 Å². The second kappa shape index (κ2) is 6.96. The van der Waals surface area contributed by atoms with Crippen molar-refractivity contribution in [2.45, 2.75) is 19.9 Å². The minimum atomic E-state index is -0.282. The number of aromatic nitrogens is 3. The highest BCUT2D eigenvalue weighted by Gasteiger charge is 2.24. The van der Waals surface area contributed by atoms with E-state index in [1.165, 1.54) is 4.57 Å². The summed E-state index contributed by atoms with van der Waals surface area (Å²) in [5.74, 6) is 0.618. The highest BCUT2D eigenvalue weighted by Crippen LogP contribution is 2.23. The maximum absolute atomic E-state index is 13.2. The van der Waals surface area contributed by atoms with Crippen molar-refractivity contribution >= 4 is 27.7 Å². The minimum Gasteiger partial charge on any atom is -0.342 e. The van der Waals surface area contributed by atoms with Gasteiger partial charge in [-0.3, -0.25) is 9.59 Å². The zero-order chi connectivity index (χ0) is 19.8. The normalized spacial score (nSPS) is 12.6. The summed E-state index contributed by atoms with van der Waals surface area (Å²) in [5, 5.41) is 4.28. The lowest BCUT2D eigenvalue weighted by Crippen LogP contribution is -2.33. The molecule has 6 heteroatoms. The van der Waals surface area contributed by atoms with Gasteiger partial charge in [-0.05, 0) is 24.1 Å². The number of benzene rings is 2. The summed E-state index contributed by atoms with van der Waals surface area (Å²) in [6.45, 7) is 4.08. The maximum atomic E-state index is 13.2. The lowest BCUT2D eigenvalue weighted by atomic mass is 10.0. The molecule has 2 aromatic heterocycles. The first-order valence-corrected chi connectivity index (χ1v) is 9.29. The molecular formula is C22H22N4O2. The molecule has 2 heterocycles. The largest absolute Gasteiger partial charge is 0.342 e. The highest BCUT2D eigenvalue weighted by molar-refractivity contribution is 6.06. The van der Waals surface area contributed by atoms with E-state index < -0.39 is 0 Å². The van der Waals surface area contributed by atoms with Crippen LogP contribution in [-0.2, 0) is 7.05 Å². The average molecular weight is 374 g/mol. The second-order valence-electron chi connectivity index (χ2n) is 7.34. The average Bonchev–Trinajstić information content (AvgIpc) is 3.12. The van der Waals surface area contributed by atoms with Crippen LogP contribution in [0.5, 0.6) is 0 Å². The van der Waals surface area contributed by atoms with Gasteiger partial charge in [-0.15, -0.1) is 0 Å². The third kappa shape index (κ3) is 3.07. The number of imidazole rings is 1. The van der Waals surface area contributed by atoms with Crippen LogP contribution in [-0.4, -0.2) is 20.4 Å². The predicted molar refractivity (Wildman–Crippen MR) is 110 cm³/mol. The van der Waals surface area contributed by atoms with Crippen molar-refractivity contribution in [1.82, 2.24) is 19.9 Å². The van der Waals surface area contributed by atoms with Crippen LogP contribution < -0.4 is 10.9 Å². The Morgan fingerprint density at radius 2 is 1.75 bits per heavy atom. The van der Waals surface area contributed by atoms with E-state index in [4.69, 9.17) is 0 Å². The second-order valence-corrected chi connectivity index (χ2v) is 7.34. The van der Waals surface area contributed by atoms with Crippen LogP contribution in [0.4, 0.5) is 0 Å². The molecule has 2 N–H and O–H groups in total. The predicted octanol–water partition coefficient (Wildman–Crippen LogP) is 3.54. The molecule has 6 nitrogen and oxygen atoms in total. The number of nitrogens with one attached hydrogen (secondary N) is 2. The topological polar surface area (TPSA) is 79.8 Å². The fourth-order valence-corrected chi connectivity index (χ4v) is 3.49. The number of rotatable bonds is 4. The molecule has 0 radical (unpaired) electrons. The molecule has 4 rings (SSSR count). The lowest BCUT2D eigenvalue weighted by Gasteiger charge is -2.21. The highest BCUT2D eigenvalue weighted by atomic mass is 16.2. The summed E-state index contributed by atoms with van der Waals surface area (Å²) >= 11 is 0.